The summed E-state index contributed by atoms with van der Waals surface area (Å²) in [7, 11) is -0.376. The second-order valence-corrected chi connectivity index (χ2v) is 9.25. The van der Waals surface area contributed by atoms with Crippen molar-refractivity contribution in [2.45, 2.75) is 45.0 Å². The van der Waals surface area contributed by atoms with Crippen molar-refractivity contribution in [1.29, 1.82) is 0 Å². The van der Waals surface area contributed by atoms with Crippen molar-refractivity contribution >= 4 is 19.5 Å². The number of amides is 1. The number of methoxy groups -OCH3 is 3. The van der Waals surface area contributed by atoms with E-state index in [4.69, 9.17) is 24.5 Å². The SMILES string of the molecule is COc1cc(C(=O)NC(C(C)C)P(=O)(O)O[C@@H](CCCCN)C(=O)O)cc(OC)c1OC. The van der Waals surface area contributed by atoms with Crippen molar-refractivity contribution in [3.63, 3.8) is 0 Å². The maximum atomic E-state index is 13.0. The van der Waals surface area contributed by atoms with Crippen LogP contribution >= 0.6 is 7.60 Å². The lowest BCUT2D eigenvalue weighted by Crippen LogP contribution is -2.40. The number of carbonyl (C=O) groups is 2. The van der Waals surface area contributed by atoms with E-state index in [2.05, 4.69) is 5.32 Å². The first kappa shape index (κ1) is 27.7. The molecule has 0 aliphatic rings. The highest BCUT2D eigenvalue weighted by Crippen LogP contribution is 2.51. The van der Waals surface area contributed by atoms with Crippen molar-refractivity contribution in [1.82, 2.24) is 5.32 Å². The summed E-state index contributed by atoms with van der Waals surface area (Å²) >= 11 is 0. The van der Waals surface area contributed by atoms with Crippen molar-refractivity contribution in [3.05, 3.63) is 17.7 Å². The van der Waals surface area contributed by atoms with E-state index in [-0.39, 0.29) is 29.2 Å². The van der Waals surface area contributed by atoms with Gasteiger partial charge in [-0.1, -0.05) is 13.8 Å². The van der Waals surface area contributed by atoms with E-state index in [0.29, 0.717) is 19.4 Å². The molecular formula is C20H33N2O9P. The third kappa shape index (κ3) is 7.37. The van der Waals surface area contributed by atoms with E-state index >= 15 is 0 Å². The fourth-order valence-electron chi connectivity index (χ4n) is 3.00. The number of rotatable bonds is 14. The Balaban J connectivity index is 3.15. The Morgan fingerprint density at radius 1 is 1.09 bits per heavy atom. The number of benzene rings is 1. The zero-order valence-corrected chi connectivity index (χ0v) is 19.9. The van der Waals surface area contributed by atoms with Crippen LogP contribution in [-0.4, -0.2) is 61.6 Å². The molecular weight excluding hydrogens is 443 g/mol. The maximum Gasteiger partial charge on any atom is 0.351 e. The van der Waals surface area contributed by atoms with Gasteiger partial charge in [-0.25, -0.2) is 4.79 Å². The molecule has 32 heavy (non-hydrogen) atoms. The van der Waals surface area contributed by atoms with Crippen molar-refractivity contribution in [2.24, 2.45) is 11.7 Å². The summed E-state index contributed by atoms with van der Waals surface area (Å²) in [5.74, 6) is -3.23. The summed E-state index contributed by atoms with van der Waals surface area (Å²) in [6.45, 7) is 3.58. The Kier molecular flexibility index (Phi) is 10.9. The van der Waals surface area contributed by atoms with E-state index in [1.807, 2.05) is 0 Å². The molecule has 2 unspecified atom stereocenters. The van der Waals surface area contributed by atoms with E-state index < -0.39 is 37.3 Å². The molecule has 0 aliphatic carbocycles. The highest BCUT2D eigenvalue weighted by molar-refractivity contribution is 7.53. The van der Waals surface area contributed by atoms with Crippen LogP contribution in [0.2, 0.25) is 0 Å². The van der Waals surface area contributed by atoms with Crippen LogP contribution in [0, 0.1) is 5.92 Å². The summed E-state index contributed by atoms with van der Waals surface area (Å²) in [6, 6.07) is 2.79. The molecule has 0 heterocycles. The van der Waals surface area contributed by atoms with Crippen LogP contribution in [0.4, 0.5) is 0 Å². The van der Waals surface area contributed by atoms with Crippen LogP contribution in [-0.2, 0) is 13.9 Å². The first-order chi connectivity index (χ1) is 15.0. The number of ether oxygens (including phenoxy) is 3. The molecule has 1 amide bonds. The normalized spacial score (nSPS) is 14.9. The maximum absolute atomic E-state index is 13.0. The molecule has 0 saturated heterocycles. The molecule has 11 nitrogen and oxygen atoms in total. The number of hydrogen-bond acceptors (Lipinski definition) is 8. The van der Waals surface area contributed by atoms with Crippen LogP contribution < -0.4 is 25.3 Å². The average molecular weight is 476 g/mol. The second-order valence-electron chi connectivity index (χ2n) is 7.36. The third-order valence-electron chi connectivity index (χ3n) is 4.66. The number of carboxylic acid groups (broad SMARTS) is 1. The first-order valence-electron chi connectivity index (χ1n) is 10.1. The summed E-state index contributed by atoms with van der Waals surface area (Å²) in [5, 5.41) is 11.8. The summed E-state index contributed by atoms with van der Waals surface area (Å²) in [6.07, 6.45) is -0.522. The summed E-state index contributed by atoms with van der Waals surface area (Å²) in [4.78, 5) is 34.9. The van der Waals surface area contributed by atoms with Gasteiger partial charge in [0.25, 0.3) is 5.91 Å². The predicted octanol–water partition coefficient (Wildman–Crippen LogP) is 2.21. The van der Waals surface area contributed by atoms with E-state index in [1.54, 1.807) is 13.8 Å². The minimum absolute atomic E-state index is 0.0166. The van der Waals surface area contributed by atoms with Gasteiger partial charge >= 0.3 is 13.6 Å². The zero-order chi connectivity index (χ0) is 24.5. The minimum atomic E-state index is -4.58. The van der Waals surface area contributed by atoms with Gasteiger partial charge in [0.05, 0.1) is 21.3 Å². The molecule has 12 heteroatoms. The van der Waals surface area contributed by atoms with Crippen LogP contribution in [0.1, 0.15) is 43.5 Å². The van der Waals surface area contributed by atoms with E-state index in [1.165, 1.54) is 33.5 Å². The molecule has 0 spiro atoms. The lowest BCUT2D eigenvalue weighted by atomic mass is 10.1. The molecule has 5 N–H and O–H groups in total. The van der Waals surface area contributed by atoms with Crippen LogP contribution in [0.5, 0.6) is 17.2 Å². The Labute approximate surface area is 187 Å². The number of hydrogen-bond donors (Lipinski definition) is 4. The second kappa shape index (κ2) is 12.6. The van der Waals surface area contributed by atoms with Gasteiger partial charge in [-0.3, -0.25) is 13.9 Å². The number of carbonyl (C=O) groups excluding carboxylic acids is 1. The fourth-order valence-corrected chi connectivity index (χ4v) is 4.72. The highest BCUT2D eigenvalue weighted by atomic mass is 31.2. The van der Waals surface area contributed by atoms with Crippen molar-refractivity contribution in [2.75, 3.05) is 27.9 Å². The summed E-state index contributed by atoms with van der Waals surface area (Å²) < 4.78 is 33.8. The monoisotopic (exact) mass is 476 g/mol. The van der Waals surface area contributed by atoms with Gasteiger partial charge in [0.15, 0.2) is 17.6 Å². The first-order valence-corrected chi connectivity index (χ1v) is 11.7. The smallest absolute Gasteiger partial charge is 0.351 e. The summed E-state index contributed by atoms with van der Waals surface area (Å²) in [5.41, 5.74) is 5.50. The molecule has 0 radical (unpaired) electrons. The molecule has 0 aliphatic heterocycles. The number of nitrogens with two attached hydrogens (primary N) is 1. The standard InChI is InChI=1S/C20H33N2O9P/c1-12(2)19(32(26,27)31-14(20(24)25)8-6-7-9-21)22-18(23)13-10-15(28-3)17(30-5)16(11-13)29-4/h10-12,14,19H,6-9,21H2,1-5H3,(H,22,23)(H,24,25)(H,26,27)/t14-,19?/m0/s1. The number of nitrogens with one attached hydrogen (secondary N) is 1. The number of unbranched alkanes of at least 4 members (excludes halogenated alkanes) is 1. The van der Waals surface area contributed by atoms with Gasteiger partial charge in [0.2, 0.25) is 5.75 Å². The van der Waals surface area contributed by atoms with Gasteiger partial charge in [0.1, 0.15) is 5.78 Å². The average Bonchev–Trinajstić information content (AvgIpc) is 2.74. The Hall–Kier alpha value is -2.33. The number of aliphatic carboxylic acids is 1. The fraction of sp³-hybridized carbons (Fsp3) is 0.600. The Morgan fingerprint density at radius 3 is 2.06 bits per heavy atom. The Bertz CT molecular complexity index is 806. The molecule has 3 atom stereocenters. The molecule has 0 bridgehead atoms. The zero-order valence-electron chi connectivity index (χ0n) is 19.0. The van der Waals surface area contributed by atoms with Gasteiger partial charge < -0.3 is 35.3 Å². The predicted molar refractivity (Wildman–Crippen MR) is 117 cm³/mol. The molecule has 182 valence electrons. The molecule has 1 aromatic carbocycles. The van der Waals surface area contributed by atoms with Gasteiger partial charge in [-0.05, 0) is 43.9 Å². The minimum Gasteiger partial charge on any atom is -0.493 e. The van der Waals surface area contributed by atoms with Crippen LogP contribution in [0.25, 0.3) is 0 Å². The quantitative estimate of drug-likeness (QED) is 0.231. The molecule has 0 saturated carbocycles. The lowest BCUT2D eigenvalue weighted by molar-refractivity contribution is -0.145. The van der Waals surface area contributed by atoms with Gasteiger partial charge in [-0.15, -0.1) is 0 Å². The number of carboxylic acids is 1. The third-order valence-corrected chi connectivity index (χ3v) is 6.65. The Morgan fingerprint density at radius 2 is 1.66 bits per heavy atom. The van der Waals surface area contributed by atoms with Crippen LogP contribution in [0.15, 0.2) is 12.1 Å². The lowest BCUT2D eigenvalue weighted by Gasteiger charge is -2.28. The topological polar surface area (TPSA) is 167 Å². The van der Waals surface area contributed by atoms with Crippen LogP contribution in [0.3, 0.4) is 0 Å². The van der Waals surface area contributed by atoms with E-state index in [9.17, 15) is 24.2 Å². The van der Waals surface area contributed by atoms with Crippen molar-refractivity contribution in [3.8, 4) is 17.2 Å². The molecule has 1 aromatic rings. The molecule has 0 fully saturated rings. The largest absolute Gasteiger partial charge is 0.493 e. The molecule has 0 aromatic heterocycles. The van der Waals surface area contributed by atoms with Gasteiger partial charge in [-0.2, -0.15) is 0 Å². The highest BCUT2D eigenvalue weighted by Gasteiger charge is 2.40. The molecule has 1 rings (SSSR count). The van der Waals surface area contributed by atoms with Gasteiger partial charge in [0, 0.05) is 5.56 Å². The van der Waals surface area contributed by atoms with E-state index in [0.717, 1.165) is 0 Å². The van der Waals surface area contributed by atoms with Crippen molar-refractivity contribution < 1.29 is 42.9 Å².